The van der Waals surface area contributed by atoms with Gasteiger partial charge in [0.1, 0.15) is 0 Å². The van der Waals surface area contributed by atoms with Gasteiger partial charge in [-0.3, -0.25) is 9.69 Å². The maximum absolute atomic E-state index is 11.9. The first-order chi connectivity index (χ1) is 9.69. The van der Waals surface area contributed by atoms with E-state index in [9.17, 15) is 4.79 Å². The zero-order chi connectivity index (χ0) is 14.4. The molecule has 5 nitrogen and oxygen atoms in total. The highest BCUT2D eigenvalue weighted by Gasteiger charge is 2.24. The monoisotopic (exact) mass is 276 g/mol. The quantitative estimate of drug-likeness (QED) is 0.826. The van der Waals surface area contributed by atoms with Crippen LogP contribution in [-0.2, 0) is 4.79 Å². The van der Waals surface area contributed by atoms with Crippen molar-refractivity contribution in [3.8, 4) is 0 Å². The van der Waals surface area contributed by atoms with Crippen molar-refractivity contribution in [1.29, 1.82) is 0 Å². The predicted molar refractivity (Wildman–Crippen MR) is 81.6 cm³/mol. The molecule has 1 aliphatic rings. The molecule has 1 aromatic rings. The highest BCUT2D eigenvalue weighted by atomic mass is 16.1. The van der Waals surface area contributed by atoms with Crippen LogP contribution in [-0.4, -0.2) is 61.5 Å². The van der Waals surface area contributed by atoms with Gasteiger partial charge >= 0.3 is 0 Å². The first kappa shape index (κ1) is 15.0. The number of piperazine rings is 1. The number of nitrogens with one attached hydrogen (secondary N) is 1. The average molecular weight is 276 g/mol. The Balaban J connectivity index is 1.78. The van der Waals surface area contributed by atoms with Crippen LogP contribution in [0.5, 0.6) is 0 Å². The van der Waals surface area contributed by atoms with Crippen molar-refractivity contribution in [2.75, 3.05) is 45.1 Å². The van der Waals surface area contributed by atoms with Gasteiger partial charge < -0.3 is 16.0 Å². The molecular formula is C15H24N4O. The Morgan fingerprint density at radius 3 is 2.80 bits per heavy atom. The minimum absolute atomic E-state index is 0.0610. The van der Waals surface area contributed by atoms with E-state index in [1.165, 1.54) is 0 Å². The van der Waals surface area contributed by atoms with Crippen LogP contribution in [0.1, 0.15) is 6.42 Å². The molecule has 0 spiro atoms. The van der Waals surface area contributed by atoms with Crippen LogP contribution in [0.3, 0.4) is 0 Å². The first-order valence-corrected chi connectivity index (χ1v) is 7.16. The number of hydrogen-bond donors (Lipinski definition) is 2. The summed E-state index contributed by atoms with van der Waals surface area (Å²) in [5.41, 5.74) is 6.67. The minimum Gasteiger partial charge on any atom is -0.329 e. The number of carbonyl (C=O) groups is 1. The summed E-state index contributed by atoms with van der Waals surface area (Å²) >= 11 is 0. The van der Waals surface area contributed by atoms with Gasteiger partial charge in [-0.2, -0.15) is 0 Å². The second kappa shape index (κ2) is 7.38. The van der Waals surface area contributed by atoms with Crippen LogP contribution in [0, 0.1) is 0 Å². The van der Waals surface area contributed by atoms with Gasteiger partial charge in [0.2, 0.25) is 5.91 Å². The molecular weight excluding hydrogens is 252 g/mol. The van der Waals surface area contributed by atoms with Crippen molar-refractivity contribution in [3.05, 3.63) is 30.3 Å². The molecule has 0 bridgehead atoms. The molecule has 0 saturated carbocycles. The fourth-order valence-electron chi connectivity index (χ4n) is 2.56. The Bertz CT molecular complexity index is 423. The van der Waals surface area contributed by atoms with Crippen molar-refractivity contribution >= 4 is 11.6 Å². The highest BCUT2D eigenvalue weighted by Crippen LogP contribution is 2.09. The molecule has 3 N–H and O–H groups in total. The SMILES string of the molecule is CN1CCN(CCC(=O)Nc2ccccc2)C(CN)C1. The molecule has 110 valence electrons. The fourth-order valence-corrected chi connectivity index (χ4v) is 2.56. The number of para-hydroxylation sites is 1. The predicted octanol–water partition coefficient (Wildman–Crippen LogP) is 0.590. The number of benzene rings is 1. The molecule has 0 aliphatic carbocycles. The Morgan fingerprint density at radius 1 is 1.35 bits per heavy atom. The molecule has 1 heterocycles. The third-order valence-electron chi connectivity index (χ3n) is 3.76. The van der Waals surface area contributed by atoms with Crippen LogP contribution in [0.4, 0.5) is 5.69 Å². The van der Waals surface area contributed by atoms with E-state index in [2.05, 4.69) is 22.2 Å². The maximum atomic E-state index is 11.9. The van der Waals surface area contributed by atoms with E-state index >= 15 is 0 Å². The molecule has 1 fully saturated rings. The van der Waals surface area contributed by atoms with Crippen LogP contribution < -0.4 is 11.1 Å². The molecule has 1 amide bonds. The van der Waals surface area contributed by atoms with Crippen LogP contribution >= 0.6 is 0 Å². The third kappa shape index (κ3) is 4.30. The van der Waals surface area contributed by atoms with E-state index in [-0.39, 0.29) is 5.91 Å². The summed E-state index contributed by atoms with van der Waals surface area (Å²) in [6.45, 7) is 4.42. The lowest BCUT2D eigenvalue weighted by atomic mass is 10.1. The lowest BCUT2D eigenvalue weighted by Gasteiger charge is -2.39. The summed E-state index contributed by atoms with van der Waals surface area (Å²) in [6.07, 6.45) is 0.509. The van der Waals surface area contributed by atoms with Crippen molar-refractivity contribution in [2.24, 2.45) is 5.73 Å². The first-order valence-electron chi connectivity index (χ1n) is 7.16. The largest absolute Gasteiger partial charge is 0.329 e. The van der Waals surface area contributed by atoms with Gasteiger partial charge in [0, 0.05) is 50.9 Å². The van der Waals surface area contributed by atoms with Gasteiger partial charge in [0.25, 0.3) is 0 Å². The van der Waals surface area contributed by atoms with Gasteiger partial charge in [-0.1, -0.05) is 18.2 Å². The smallest absolute Gasteiger partial charge is 0.225 e. The third-order valence-corrected chi connectivity index (χ3v) is 3.76. The van der Waals surface area contributed by atoms with Gasteiger partial charge in [-0.05, 0) is 19.2 Å². The van der Waals surface area contributed by atoms with Crippen molar-refractivity contribution in [1.82, 2.24) is 9.80 Å². The minimum atomic E-state index is 0.0610. The lowest BCUT2D eigenvalue weighted by Crippen LogP contribution is -2.55. The summed E-state index contributed by atoms with van der Waals surface area (Å²) in [6, 6.07) is 9.93. The molecule has 5 heteroatoms. The van der Waals surface area contributed by atoms with E-state index in [1.807, 2.05) is 30.3 Å². The number of hydrogen-bond acceptors (Lipinski definition) is 4. The number of likely N-dealkylation sites (N-methyl/N-ethyl adjacent to an activating group) is 1. The van der Waals surface area contributed by atoms with Gasteiger partial charge in [-0.25, -0.2) is 0 Å². The number of amides is 1. The molecule has 1 saturated heterocycles. The van der Waals surface area contributed by atoms with Crippen LogP contribution in [0.15, 0.2) is 30.3 Å². The van der Waals surface area contributed by atoms with E-state index < -0.39 is 0 Å². The molecule has 0 aromatic heterocycles. The van der Waals surface area contributed by atoms with Gasteiger partial charge in [0.15, 0.2) is 0 Å². The summed E-state index contributed by atoms with van der Waals surface area (Å²) in [5.74, 6) is 0.0610. The highest BCUT2D eigenvalue weighted by molar-refractivity contribution is 5.90. The van der Waals surface area contributed by atoms with Gasteiger partial charge in [0.05, 0.1) is 0 Å². The Morgan fingerprint density at radius 2 is 2.10 bits per heavy atom. The maximum Gasteiger partial charge on any atom is 0.225 e. The van der Waals surface area contributed by atoms with E-state index in [4.69, 9.17) is 5.73 Å². The van der Waals surface area contributed by atoms with E-state index in [1.54, 1.807) is 0 Å². The number of nitrogens with zero attached hydrogens (tertiary/aromatic N) is 2. The van der Waals surface area contributed by atoms with Crippen molar-refractivity contribution in [3.63, 3.8) is 0 Å². The van der Waals surface area contributed by atoms with Crippen molar-refractivity contribution < 1.29 is 4.79 Å². The zero-order valence-electron chi connectivity index (χ0n) is 12.1. The molecule has 1 aliphatic heterocycles. The Labute approximate surface area is 120 Å². The Hall–Kier alpha value is -1.43. The van der Waals surface area contributed by atoms with Crippen molar-refractivity contribution in [2.45, 2.75) is 12.5 Å². The van der Waals surface area contributed by atoms with E-state index in [0.29, 0.717) is 19.0 Å². The zero-order valence-corrected chi connectivity index (χ0v) is 12.1. The molecule has 1 atom stereocenters. The van der Waals surface area contributed by atoms with Gasteiger partial charge in [-0.15, -0.1) is 0 Å². The van der Waals surface area contributed by atoms with Crippen LogP contribution in [0.2, 0.25) is 0 Å². The normalized spacial score (nSPS) is 20.8. The summed E-state index contributed by atoms with van der Waals surface area (Å²) < 4.78 is 0. The number of nitrogens with two attached hydrogens (primary N) is 1. The number of rotatable bonds is 5. The topological polar surface area (TPSA) is 61.6 Å². The number of anilines is 1. The second-order valence-corrected chi connectivity index (χ2v) is 5.35. The number of carbonyl (C=O) groups excluding carboxylic acids is 1. The summed E-state index contributed by atoms with van der Waals surface area (Å²) in [5, 5.41) is 2.92. The standard InChI is InChI=1S/C15H24N4O/c1-18-9-10-19(14(11-16)12-18)8-7-15(20)17-13-5-3-2-4-6-13/h2-6,14H,7-12,16H2,1H3,(H,17,20). The van der Waals surface area contributed by atoms with Crippen LogP contribution in [0.25, 0.3) is 0 Å². The molecule has 1 unspecified atom stereocenters. The van der Waals surface area contributed by atoms with E-state index in [0.717, 1.165) is 31.9 Å². The Kier molecular flexibility index (Phi) is 5.52. The average Bonchev–Trinajstić information content (AvgIpc) is 2.47. The lowest BCUT2D eigenvalue weighted by molar-refractivity contribution is -0.116. The molecule has 2 rings (SSSR count). The summed E-state index contributed by atoms with van der Waals surface area (Å²) in [4.78, 5) is 16.5. The summed E-state index contributed by atoms with van der Waals surface area (Å²) in [7, 11) is 2.11. The fraction of sp³-hybridized carbons (Fsp3) is 0.533. The second-order valence-electron chi connectivity index (χ2n) is 5.35. The molecule has 1 aromatic carbocycles. The molecule has 20 heavy (non-hydrogen) atoms. The molecule has 0 radical (unpaired) electrons.